The van der Waals surface area contributed by atoms with Crippen molar-refractivity contribution in [2.24, 2.45) is 11.3 Å². The number of hydrogen-bond donors (Lipinski definition) is 1. The van der Waals surface area contributed by atoms with Crippen molar-refractivity contribution in [1.82, 2.24) is 10.2 Å². The quantitative estimate of drug-likeness (QED) is 0.835. The molecule has 0 bridgehead atoms. The summed E-state index contributed by atoms with van der Waals surface area (Å²) in [6.07, 6.45) is 8.22. The maximum atomic E-state index is 3.90. The molecule has 2 fully saturated rings. The zero-order valence-corrected chi connectivity index (χ0v) is 14.4. The second-order valence-electron chi connectivity index (χ2n) is 7.98. The largest absolute Gasteiger partial charge is 0.312 e. The van der Waals surface area contributed by atoms with E-state index >= 15 is 0 Å². The molecule has 1 N–H and O–H groups in total. The van der Waals surface area contributed by atoms with Gasteiger partial charge in [0.05, 0.1) is 0 Å². The van der Waals surface area contributed by atoms with Gasteiger partial charge < -0.3 is 5.32 Å². The Labute approximate surface area is 126 Å². The molecule has 4 unspecified atom stereocenters. The summed E-state index contributed by atoms with van der Waals surface area (Å²) in [5, 5.41) is 3.90. The van der Waals surface area contributed by atoms with E-state index in [1.807, 2.05) is 0 Å². The Kier molecular flexibility index (Phi) is 5.53. The molecule has 0 aromatic heterocycles. The van der Waals surface area contributed by atoms with Gasteiger partial charge in [0.1, 0.15) is 0 Å². The molecule has 4 atom stereocenters. The van der Waals surface area contributed by atoms with Crippen LogP contribution in [0.3, 0.4) is 0 Å². The van der Waals surface area contributed by atoms with E-state index in [1.165, 1.54) is 51.6 Å². The van der Waals surface area contributed by atoms with Crippen molar-refractivity contribution in [3.05, 3.63) is 0 Å². The lowest BCUT2D eigenvalue weighted by molar-refractivity contribution is -0.00476. The van der Waals surface area contributed by atoms with Gasteiger partial charge in [-0.25, -0.2) is 0 Å². The number of nitrogens with zero attached hydrogens (tertiary/aromatic N) is 1. The molecule has 1 saturated carbocycles. The molecule has 2 nitrogen and oxygen atoms in total. The van der Waals surface area contributed by atoms with Gasteiger partial charge in [-0.2, -0.15) is 0 Å². The first-order valence-corrected chi connectivity index (χ1v) is 8.96. The second kappa shape index (κ2) is 6.79. The van der Waals surface area contributed by atoms with Gasteiger partial charge in [0, 0.05) is 18.1 Å². The maximum Gasteiger partial charge on any atom is 0.0274 e. The van der Waals surface area contributed by atoms with Gasteiger partial charge in [0.25, 0.3) is 0 Å². The lowest BCUT2D eigenvalue weighted by atomic mass is 9.69. The summed E-state index contributed by atoms with van der Waals surface area (Å²) in [5.41, 5.74) is 0.443. The molecule has 118 valence electrons. The Bertz CT molecular complexity index is 300. The van der Waals surface area contributed by atoms with Crippen LogP contribution in [0.5, 0.6) is 0 Å². The molecule has 0 spiro atoms. The highest BCUT2D eigenvalue weighted by atomic mass is 15.2. The van der Waals surface area contributed by atoms with Crippen molar-refractivity contribution in [2.75, 3.05) is 13.1 Å². The Morgan fingerprint density at radius 2 is 1.90 bits per heavy atom. The molecule has 0 radical (unpaired) electrons. The molecule has 0 aromatic rings. The van der Waals surface area contributed by atoms with Crippen LogP contribution in [0.25, 0.3) is 0 Å². The van der Waals surface area contributed by atoms with Crippen LogP contribution in [0.1, 0.15) is 73.1 Å². The summed E-state index contributed by atoms with van der Waals surface area (Å²) in [5.74, 6) is 0.862. The average Bonchev–Trinajstić information content (AvgIpc) is 2.40. The number of likely N-dealkylation sites (tertiary alicyclic amines) is 1. The SMILES string of the molecule is CCCNC1C(N2CCCC(C)C2C)CCCC1(C)C. The number of hydrogen-bond acceptors (Lipinski definition) is 2. The van der Waals surface area contributed by atoms with Gasteiger partial charge in [-0.3, -0.25) is 4.90 Å². The first kappa shape index (κ1) is 16.3. The Hall–Kier alpha value is -0.0800. The second-order valence-corrected chi connectivity index (χ2v) is 7.98. The molecule has 0 aromatic carbocycles. The minimum absolute atomic E-state index is 0.443. The summed E-state index contributed by atoms with van der Waals surface area (Å²) < 4.78 is 0. The summed E-state index contributed by atoms with van der Waals surface area (Å²) in [7, 11) is 0. The fraction of sp³-hybridized carbons (Fsp3) is 1.00. The van der Waals surface area contributed by atoms with Crippen LogP contribution < -0.4 is 5.32 Å². The van der Waals surface area contributed by atoms with Gasteiger partial charge in [0.2, 0.25) is 0 Å². The average molecular weight is 280 g/mol. The van der Waals surface area contributed by atoms with Gasteiger partial charge in [0.15, 0.2) is 0 Å². The summed E-state index contributed by atoms with van der Waals surface area (Å²) in [6.45, 7) is 14.6. The predicted molar refractivity (Wildman–Crippen MR) is 88.1 cm³/mol. The van der Waals surface area contributed by atoms with Gasteiger partial charge >= 0.3 is 0 Å². The van der Waals surface area contributed by atoms with E-state index < -0.39 is 0 Å². The van der Waals surface area contributed by atoms with Gasteiger partial charge in [-0.1, -0.05) is 34.1 Å². The Morgan fingerprint density at radius 1 is 1.15 bits per heavy atom. The van der Waals surface area contributed by atoms with Crippen LogP contribution in [-0.2, 0) is 0 Å². The maximum absolute atomic E-state index is 3.90. The monoisotopic (exact) mass is 280 g/mol. The smallest absolute Gasteiger partial charge is 0.0274 e. The first-order chi connectivity index (χ1) is 9.47. The van der Waals surface area contributed by atoms with E-state index in [2.05, 4.69) is 44.8 Å². The van der Waals surface area contributed by atoms with Crippen molar-refractivity contribution >= 4 is 0 Å². The predicted octanol–water partition coefficient (Wildman–Crippen LogP) is 4.05. The van der Waals surface area contributed by atoms with Crippen LogP contribution in [0.15, 0.2) is 0 Å². The normalized spacial score (nSPS) is 38.9. The molecule has 2 heteroatoms. The Balaban J connectivity index is 2.13. The molecule has 1 aliphatic carbocycles. The lowest BCUT2D eigenvalue weighted by Crippen LogP contribution is -2.62. The minimum atomic E-state index is 0.443. The third-order valence-corrected chi connectivity index (χ3v) is 6.01. The van der Waals surface area contributed by atoms with Crippen LogP contribution in [0.2, 0.25) is 0 Å². The molecule has 0 amide bonds. The van der Waals surface area contributed by atoms with E-state index in [-0.39, 0.29) is 0 Å². The minimum Gasteiger partial charge on any atom is -0.312 e. The van der Waals surface area contributed by atoms with Crippen LogP contribution in [-0.4, -0.2) is 36.1 Å². The van der Waals surface area contributed by atoms with E-state index in [1.54, 1.807) is 0 Å². The lowest BCUT2D eigenvalue weighted by Gasteiger charge is -2.52. The van der Waals surface area contributed by atoms with E-state index in [4.69, 9.17) is 0 Å². The molecule has 20 heavy (non-hydrogen) atoms. The van der Waals surface area contributed by atoms with Crippen molar-refractivity contribution in [3.8, 4) is 0 Å². The topological polar surface area (TPSA) is 15.3 Å². The number of rotatable bonds is 4. The van der Waals surface area contributed by atoms with Crippen molar-refractivity contribution in [1.29, 1.82) is 0 Å². The molecule has 2 rings (SSSR count). The van der Waals surface area contributed by atoms with Crippen molar-refractivity contribution in [2.45, 2.75) is 91.3 Å². The number of piperidine rings is 1. The third-order valence-electron chi connectivity index (χ3n) is 6.01. The number of nitrogens with one attached hydrogen (secondary N) is 1. The van der Waals surface area contributed by atoms with Crippen LogP contribution in [0.4, 0.5) is 0 Å². The highest BCUT2D eigenvalue weighted by Gasteiger charge is 2.43. The van der Waals surface area contributed by atoms with E-state index in [9.17, 15) is 0 Å². The summed E-state index contributed by atoms with van der Waals surface area (Å²) in [6, 6.07) is 2.18. The zero-order valence-electron chi connectivity index (χ0n) is 14.4. The standard InChI is InChI=1S/C18H36N2/c1-6-12-19-17-16(10-7-11-18(17,4)5)20-13-8-9-14(2)15(20)3/h14-17,19H,6-13H2,1-5H3. The third kappa shape index (κ3) is 3.39. The molecule has 1 saturated heterocycles. The van der Waals surface area contributed by atoms with Gasteiger partial charge in [-0.05, 0) is 63.5 Å². The van der Waals surface area contributed by atoms with E-state index in [0.717, 1.165) is 18.0 Å². The first-order valence-electron chi connectivity index (χ1n) is 8.96. The molecule has 2 aliphatic rings. The molecular formula is C18H36N2. The van der Waals surface area contributed by atoms with E-state index in [0.29, 0.717) is 11.5 Å². The molecule has 1 heterocycles. The highest BCUT2D eigenvalue weighted by molar-refractivity contribution is 5.00. The summed E-state index contributed by atoms with van der Waals surface area (Å²) >= 11 is 0. The fourth-order valence-electron chi connectivity index (χ4n) is 4.51. The molecule has 1 aliphatic heterocycles. The van der Waals surface area contributed by atoms with Crippen molar-refractivity contribution < 1.29 is 0 Å². The van der Waals surface area contributed by atoms with Gasteiger partial charge in [-0.15, -0.1) is 0 Å². The van der Waals surface area contributed by atoms with Crippen molar-refractivity contribution in [3.63, 3.8) is 0 Å². The van der Waals surface area contributed by atoms with Crippen LogP contribution >= 0.6 is 0 Å². The molecular weight excluding hydrogens is 244 g/mol. The zero-order chi connectivity index (χ0) is 14.8. The fourth-order valence-corrected chi connectivity index (χ4v) is 4.51. The Morgan fingerprint density at radius 3 is 2.60 bits per heavy atom. The highest BCUT2D eigenvalue weighted by Crippen LogP contribution is 2.40. The summed E-state index contributed by atoms with van der Waals surface area (Å²) in [4.78, 5) is 2.85. The van der Waals surface area contributed by atoms with Crippen LogP contribution in [0, 0.1) is 11.3 Å².